The third-order valence-corrected chi connectivity index (χ3v) is 7.32. The maximum atomic E-state index is 13.1. The number of nitrogens with one attached hydrogen (secondary N) is 2. The van der Waals surface area contributed by atoms with Crippen molar-refractivity contribution in [2.75, 3.05) is 25.0 Å². The van der Waals surface area contributed by atoms with Crippen molar-refractivity contribution >= 4 is 34.1 Å². The number of hydrogen-bond acceptors (Lipinski definition) is 5. The molecule has 3 heterocycles. The minimum atomic E-state index is -0.259. The van der Waals surface area contributed by atoms with E-state index in [1.54, 1.807) is 18.3 Å². The molecule has 32 heavy (non-hydrogen) atoms. The standard InChI is InChI=1S/C24H30N4O3S/c29-20-11-2-1-5-14-28(20)15-7-13-26-23(31)21-18-9-3-4-10-19(18)32-24(21)27-22(30)17-8-6-12-25-16-17/h6,8,12,16H,1-5,7,9-11,13-15H2,(H,26,31)(H,27,30). The van der Waals surface area contributed by atoms with E-state index >= 15 is 0 Å². The number of nitrogens with zero attached hydrogens (tertiary/aromatic N) is 2. The maximum Gasteiger partial charge on any atom is 0.257 e. The molecule has 0 atom stereocenters. The molecule has 0 unspecified atom stereocenters. The zero-order valence-corrected chi connectivity index (χ0v) is 19.1. The summed E-state index contributed by atoms with van der Waals surface area (Å²) in [4.78, 5) is 45.1. The fourth-order valence-electron chi connectivity index (χ4n) is 4.40. The molecule has 1 saturated heterocycles. The lowest BCUT2D eigenvalue weighted by Crippen LogP contribution is -2.34. The molecule has 2 N–H and O–H groups in total. The van der Waals surface area contributed by atoms with Gasteiger partial charge in [-0.15, -0.1) is 11.3 Å². The van der Waals surface area contributed by atoms with Crippen molar-refractivity contribution in [3.05, 3.63) is 46.1 Å². The molecule has 1 aliphatic carbocycles. The minimum absolute atomic E-state index is 0.145. The van der Waals surface area contributed by atoms with Crippen molar-refractivity contribution in [2.24, 2.45) is 0 Å². The number of rotatable bonds is 7. The topological polar surface area (TPSA) is 91.4 Å². The molecule has 4 rings (SSSR count). The Bertz CT molecular complexity index is 973. The fraction of sp³-hybridized carbons (Fsp3) is 0.500. The summed E-state index contributed by atoms with van der Waals surface area (Å²) in [6, 6.07) is 3.43. The number of aromatic nitrogens is 1. The van der Waals surface area contributed by atoms with Gasteiger partial charge in [-0.1, -0.05) is 6.42 Å². The number of thiophene rings is 1. The first-order valence-electron chi connectivity index (χ1n) is 11.6. The minimum Gasteiger partial charge on any atom is -0.352 e. The SMILES string of the molecule is O=C(Nc1sc2c(c1C(=O)NCCCN1CCCCCC1=O)CCCC2)c1cccnc1. The van der Waals surface area contributed by atoms with E-state index in [2.05, 4.69) is 15.6 Å². The lowest BCUT2D eigenvalue weighted by Gasteiger charge is -2.20. The second kappa shape index (κ2) is 10.7. The van der Waals surface area contributed by atoms with Crippen molar-refractivity contribution in [3.63, 3.8) is 0 Å². The lowest BCUT2D eigenvalue weighted by molar-refractivity contribution is -0.130. The van der Waals surface area contributed by atoms with Crippen LogP contribution in [0.25, 0.3) is 0 Å². The smallest absolute Gasteiger partial charge is 0.257 e. The molecule has 3 amide bonds. The van der Waals surface area contributed by atoms with E-state index in [4.69, 9.17) is 0 Å². The van der Waals surface area contributed by atoms with E-state index in [0.717, 1.165) is 63.5 Å². The van der Waals surface area contributed by atoms with Crippen LogP contribution in [0.1, 0.15) is 76.1 Å². The second-order valence-corrected chi connectivity index (χ2v) is 9.52. The van der Waals surface area contributed by atoms with Crippen molar-refractivity contribution in [1.29, 1.82) is 0 Å². The van der Waals surface area contributed by atoms with Crippen LogP contribution >= 0.6 is 11.3 Å². The van der Waals surface area contributed by atoms with Crippen LogP contribution < -0.4 is 10.6 Å². The van der Waals surface area contributed by atoms with E-state index in [-0.39, 0.29) is 17.7 Å². The quantitative estimate of drug-likeness (QED) is 0.623. The molecule has 0 aromatic carbocycles. The average Bonchev–Trinajstić information content (AvgIpc) is 3.05. The van der Waals surface area contributed by atoms with Crippen molar-refractivity contribution < 1.29 is 14.4 Å². The Hall–Kier alpha value is -2.74. The van der Waals surface area contributed by atoms with Crippen LogP contribution in [0, 0.1) is 0 Å². The van der Waals surface area contributed by atoms with Crippen LogP contribution in [0.4, 0.5) is 5.00 Å². The first-order chi connectivity index (χ1) is 15.6. The summed E-state index contributed by atoms with van der Waals surface area (Å²) in [6.45, 7) is 1.99. The van der Waals surface area contributed by atoms with Crippen LogP contribution in [0.5, 0.6) is 0 Å². The van der Waals surface area contributed by atoms with Gasteiger partial charge < -0.3 is 15.5 Å². The molecule has 2 aromatic rings. The fourth-order valence-corrected chi connectivity index (χ4v) is 5.68. The Morgan fingerprint density at radius 1 is 1.06 bits per heavy atom. The highest BCUT2D eigenvalue weighted by Crippen LogP contribution is 2.38. The van der Waals surface area contributed by atoms with Gasteiger partial charge >= 0.3 is 0 Å². The monoisotopic (exact) mass is 454 g/mol. The number of carbonyl (C=O) groups is 3. The predicted molar refractivity (Wildman–Crippen MR) is 125 cm³/mol. The Morgan fingerprint density at radius 2 is 1.91 bits per heavy atom. The highest BCUT2D eigenvalue weighted by atomic mass is 32.1. The normalized spacial score (nSPS) is 16.2. The van der Waals surface area contributed by atoms with Gasteiger partial charge in [-0.3, -0.25) is 19.4 Å². The molecule has 0 bridgehead atoms. The number of anilines is 1. The summed E-state index contributed by atoms with van der Waals surface area (Å²) in [5.74, 6) is -0.181. The van der Waals surface area contributed by atoms with Crippen LogP contribution in [0.3, 0.4) is 0 Å². The van der Waals surface area contributed by atoms with Gasteiger partial charge in [0.05, 0.1) is 11.1 Å². The molecule has 1 fully saturated rings. The number of likely N-dealkylation sites (tertiary alicyclic amines) is 1. The van der Waals surface area contributed by atoms with E-state index in [1.165, 1.54) is 22.4 Å². The molecule has 0 spiro atoms. The lowest BCUT2D eigenvalue weighted by atomic mass is 9.95. The van der Waals surface area contributed by atoms with E-state index < -0.39 is 0 Å². The average molecular weight is 455 g/mol. The third-order valence-electron chi connectivity index (χ3n) is 6.11. The van der Waals surface area contributed by atoms with Crippen LogP contribution in [0.15, 0.2) is 24.5 Å². The molecule has 2 aromatic heterocycles. The van der Waals surface area contributed by atoms with Gasteiger partial charge in [0, 0.05) is 43.3 Å². The first kappa shape index (κ1) is 22.5. The molecule has 1 aliphatic heterocycles. The highest BCUT2D eigenvalue weighted by molar-refractivity contribution is 7.17. The van der Waals surface area contributed by atoms with Crippen molar-refractivity contribution in [3.8, 4) is 0 Å². The highest BCUT2D eigenvalue weighted by Gasteiger charge is 2.26. The van der Waals surface area contributed by atoms with Crippen LogP contribution in [-0.2, 0) is 17.6 Å². The number of hydrogen-bond donors (Lipinski definition) is 2. The van der Waals surface area contributed by atoms with E-state index in [9.17, 15) is 14.4 Å². The third kappa shape index (κ3) is 5.35. The predicted octanol–water partition coefficient (Wildman–Crippen LogP) is 3.80. The number of fused-ring (bicyclic) bond motifs is 1. The molecular formula is C24H30N4O3S. The van der Waals surface area contributed by atoms with Gasteiger partial charge in [-0.05, 0) is 62.6 Å². The molecule has 2 aliphatic rings. The number of carbonyl (C=O) groups excluding carboxylic acids is 3. The van der Waals surface area contributed by atoms with E-state index in [0.29, 0.717) is 35.6 Å². The van der Waals surface area contributed by atoms with Gasteiger partial charge in [-0.25, -0.2) is 0 Å². The molecule has 0 radical (unpaired) electrons. The van der Waals surface area contributed by atoms with Gasteiger partial charge in [0.15, 0.2) is 0 Å². The Kier molecular flexibility index (Phi) is 7.52. The van der Waals surface area contributed by atoms with Gasteiger partial charge in [0.1, 0.15) is 5.00 Å². The van der Waals surface area contributed by atoms with Gasteiger partial charge in [0.25, 0.3) is 11.8 Å². The molecule has 0 saturated carbocycles. The van der Waals surface area contributed by atoms with Gasteiger partial charge in [0.2, 0.25) is 5.91 Å². The molecule has 170 valence electrons. The summed E-state index contributed by atoms with van der Waals surface area (Å²) >= 11 is 1.51. The largest absolute Gasteiger partial charge is 0.352 e. The Morgan fingerprint density at radius 3 is 2.75 bits per heavy atom. The van der Waals surface area contributed by atoms with Crippen LogP contribution in [0.2, 0.25) is 0 Å². The summed E-state index contributed by atoms with van der Waals surface area (Å²) in [5, 5.41) is 6.59. The number of pyridine rings is 1. The number of amides is 3. The summed E-state index contributed by atoms with van der Waals surface area (Å²) in [6.07, 6.45) is 11.6. The van der Waals surface area contributed by atoms with Gasteiger partial charge in [-0.2, -0.15) is 0 Å². The van der Waals surface area contributed by atoms with E-state index in [1.807, 2.05) is 4.90 Å². The molecule has 8 heteroatoms. The number of aryl methyl sites for hydroxylation is 1. The maximum absolute atomic E-state index is 13.1. The van der Waals surface area contributed by atoms with Crippen molar-refractivity contribution in [2.45, 2.75) is 57.8 Å². The summed E-state index contributed by atoms with van der Waals surface area (Å²) in [7, 11) is 0. The Labute approximate surface area is 192 Å². The van der Waals surface area contributed by atoms with Crippen LogP contribution in [-0.4, -0.2) is 47.2 Å². The Balaban J connectivity index is 1.41. The first-order valence-corrected chi connectivity index (χ1v) is 12.4. The molecular weight excluding hydrogens is 424 g/mol. The summed E-state index contributed by atoms with van der Waals surface area (Å²) < 4.78 is 0. The van der Waals surface area contributed by atoms with Crippen molar-refractivity contribution in [1.82, 2.24) is 15.2 Å². The summed E-state index contributed by atoms with van der Waals surface area (Å²) in [5.41, 5.74) is 2.14. The second-order valence-electron chi connectivity index (χ2n) is 8.41. The molecule has 7 nitrogen and oxygen atoms in total. The zero-order valence-electron chi connectivity index (χ0n) is 18.3. The zero-order chi connectivity index (χ0) is 22.3.